The minimum atomic E-state index is -1.04. The molecule has 1 aromatic heterocycles. The SMILES string of the molecule is Cc1cc(-c2ccc(NC(=O)CSc3nnnn3-c3ccc(C(C)(C)C)cc3Cl)c(Cl)c2)ccc1OCC(=O)O. The van der Waals surface area contributed by atoms with Crippen LogP contribution in [-0.2, 0) is 15.0 Å². The minimum Gasteiger partial charge on any atom is -0.482 e. The second-order valence-corrected chi connectivity index (χ2v) is 11.7. The molecule has 40 heavy (non-hydrogen) atoms. The van der Waals surface area contributed by atoms with Crippen LogP contribution in [0.4, 0.5) is 5.69 Å². The summed E-state index contributed by atoms with van der Waals surface area (Å²) < 4.78 is 6.79. The first-order valence-corrected chi connectivity index (χ1v) is 13.9. The lowest BCUT2D eigenvalue weighted by Crippen LogP contribution is -2.15. The Morgan fingerprint density at radius 2 is 1.75 bits per heavy atom. The molecule has 0 spiro atoms. The number of benzene rings is 3. The number of carbonyl (C=O) groups excluding carboxylic acids is 1. The van der Waals surface area contributed by atoms with Crippen molar-refractivity contribution in [2.75, 3.05) is 17.7 Å². The maximum atomic E-state index is 12.7. The number of halogens is 2. The molecule has 2 N–H and O–H groups in total. The molecule has 0 aliphatic carbocycles. The van der Waals surface area contributed by atoms with E-state index in [2.05, 4.69) is 41.6 Å². The second-order valence-electron chi connectivity index (χ2n) is 9.98. The van der Waals surface area contributed by atoms with Crippen LogP contribution in [0.25, 0.3) is 16.8 Å². The number of nitrogens with one attached hydrogen (secondary N) is 1. The van der Waals surface area contributed by atoms with Crippen molar-refractivity contribution < 1.29 is 19.4 Å². The number of carboxylic acids is 1. The van der Waals surface area contributed by atoms with Gasteiger partial charge in [-0.1, -0.05) is 73.9 Å². The lowest BCUT2D eigenvalue weighted by Gasteiger charge is -2.20. The van der Waals surface area contributed by atoms with Crippen molar-refractivity contribution in [3.8, 4) is 22.6 Å². The third kappa shape index (κ3) is 7.12. The topological polar surface area (TPSA) is 119 Å². The van der Waals surface area contributed by atoms with Crippen LogP contribution in [0.15, 0.2) is 59.8 Å². The van der Waals surface area contributed by atoms with Gasteiger partial charge in [0.1, 0.15) is 5.75 Å². The molecule has 0 unspecified atom stereocenters. The molecule has 0 saturated carbocycles. The van der Waals surface area contributed by atoms with Crippen molar-refractivity contribution in [3.63, 3.8) is 0 Å². The zero-order valence-electron chi connectivity index (χ0n) is 22.2. The van der Waals surface area contributed by atoms with Crippen molar-refractivity contribution in [2.24, 2.45) is 0 Å². The zero-order valence-corrected chi connectivity index (χ0v) is 24.6. The number of aliphatic carboxylic acids is 1. The van der Waals surface area contributed by atoms with E-state index < -0.39 is 12.6 Å². The number of tetrazole rings is 1. The number of aromatic nitrogens is 4. The van der Waals surface area contributed by atoms with Crippen molar-refractivity contribution in [3.05, 3.63) is 75.8 Å². The van der Waals surface area contributed by atoms with Gasteiger partial charge in [0.05, 0.1) is 27.2 Å². The van der Waals surface area contributed by atoms with E-state index in [1.54, 1.807) is 18.2 Å². The third-order valence-electron chi connectivity index (χ3n) is 5.92. The summed E-state index contributed by atoms with van der Waals surface area (Å²) in [6, 6.07) is 16.5. The average molecular weight is 601 g/mol. The van der Waals surface area contributed by atoms with Crippen LogP contribution in [0.2, 0.25) is 10.0 Å². The molecular formula is C28H27Cl2N5O4S. The number of thioether (sulfide) groups is 1. The Bertz CT molecular complexity index is 1570. The van der Waals surface area contributed by atoms with Gasteiger partial charge in [0, 0.05) is 0 Å². The highest BCUT2D eigenvalue weighted by Crippen LogP contribution is 2.33. The van der Waals surface area contributed by atoms with Crippen LogP contribution >= 0.6 is 35.0 Å². The van der Waals surface area contributed by atoms with E-state index in [4.69, 9.17) is 33.0 Å². The Morgan fingerprint density at radius 3 is 2.40 bits per heavy atom. The summed E-state index contributed by atoms with van der Waals surface area (Å²) in [6.07, 6.45) is 0. The highest BCUT2D eigenvalue weighted by molar-refractivity contribution is 7.99. The molecule has 0 aliphatic rings. The fraction of sp³-hybridized carbons (Fsp3) is 0.250. The first kappa shape index (κ1) is 29.4. The highest BCUT2D eigenvalue weighted by atomic mass is 35.5. The van der Waals surface area contributed by atoms with Gasteiger partial charge in [-0.3, -0.25) is 4.79 Å². The Balaban J connectivity index is 1.40. The van der Waals surface area contributed by atoms with Crippen molar-refractivity contribution in [1.82, 2.24) is 20.2 Å². The van der Waals surface area contributed by atoms with Crippen molar-refractivity contribution in [1.29, 1.82) is 0 Å². The molecule has 0 atom stereocenters. The van der Waals surface area contributed by atoms with Gasteiger partial charge in [-0.05, 0) is 81.4 Å². The molecule has 0 bridgehead atoms. The number of rotatable bonds is 9. The van der Waals surface area contributed by atoms with Gasteiger partial charge in [-0.2, -0.15) is 4.68 Å². The number of aryl methyl sites for hydroxylation is 1. The van der Waals surface area contributed by atoms with E-state index in [0.717, 1.165) is 22.3 Å². The van der Waals surface area contributed by atoms with E-state index in [9.17, 15) is 9.59 Å². The standard InChI is InChI=1S/C28H27Cl2N5O4S/c1-16-11-17(6-10-24(16)39-14-26(37)38)18-5-8-22(20(29)12-18)31-25(36)15-40-27-32-33-34-35(27)23-9-7-19(13-21(23)30)28(2,3)4/h5-13H,14-15H2,1-4H3,(H,31,36)(H,37,38). The lowest BCUT2D eigenvalue weighted by atomic mass is 9.87. The number of anilines is 1. The first-order chi connectivity index (χ1) is 18.9. The fourth-order valence-corrected chi connectivity index (χ4v) is 4.98. The number of hydrogen-bond acceptors (Lipinski definition) is 7. The Morgan fingerprint density at radius 1 is 1.02 bits per heavy atom. The Hall–Kier alpha value is -3.60. The molecular weight excluding hydrogens is 573 g/mol. The van der Waals surface area contributed by atoms with Crippen molar-refractivity contribution in [2.45, 2.75) is 38.3 Å². The number of carboxylic acid groups (broad SMARTS) is 1. The van der Waals surface area contributed by atoms with E-state index in [0.29, 0.717) is 32.3 Å². The molecule has 12 heteroatoms. The zero-order chi connectivity index (χ0) is 29.0. The largest absolute Gasteiger partial charge is 0.482 e. The van der Waals surface area contributed by atoms with Crippen LogP contribution in [0.3, 0.4) is 0 Å². The molecule has 9 nitrogen and oxygen atoms in total. The number of carbonyl (C=O) groups is 2. The summed E-state index contributed by atoms with van der Waals surface area (Å²) in [5.41, 5.74) is 4.61. The molecule has 208 valence electrons. The predicted molar refractivity (Wildman–Crippen MR) is 157 cm³/mol. The summed E-state index contributed by atoms with van der Waals surface area (Å²) in [5.74, 6) is -0.777. The van der Waals surface area contributed by atoms with Crippen LogP contribution in [0.5, 0.6) is 5.75 Å². The lowest BCUT2D eigenvalue weighted by molar-refractivity contribution is -0.139. The fourth-order valence-electron chi connectivity index (χ4n) is 3.81. The maximum absolute atomic E-state index is 12.7. The van der Waals surface area contributed by atoms with Crippen molar-refractivity contribution >= 4 is 52.5 Å². The summed E-state index contributed by atoms with van der Waals surface area (Å²) in [4.78, 5) is 23.5. The van der Waals surface area contributed by atoms with E-state index >= 15 is 0 Å². The first-order valence-electron chi connectivity index (χ1n) is 12.2. The molecule has 3 aromatic carbocycles. The molecule has 0 saturated heterocycles. The summed E-state index contributed by atoms with van der Waals surface area (Å²) in [6.45, 7) is 7.74. The van der Waals surface area contributed by atoms with E-state index in [-0.39, 0.29) is 17.1 Å². The van der Waals surface area contributed by atoms with Crippen LogP contribution in [0, 0.1) is 6.92 Å². The van der Waals surface area contributed by atoms with Gasteiger partial charge in [0.2, 0.25) is 11.1 Å². The predicted octanol–water partition coefficient (Wildman–Crippen LogP) is 6.44. The molecule has 0 radical (unpaired) electrons. The maximum Gasteiger partial charge on any atom is 0.341 e. The van der Waals surface area contributed by atoms with Crippen LogP contribution in [-0.4, -0.2) is 49.6 Å². The van der Waals surface area contributed by atoms with Crippen LogP contribution < -0.4 is 10.1 Å². The molecule has 0 aliphatic heterocycles. The van der Waals surface area contributed by atoms with Gasteiger partial charge in [0.25, 0.3) is 0 Å². The van der Waals surface area contributed by atoms with Gasteiger partial charge in [-0.15, -0.1) is 5.10 Å². The van der Waals surface area contributed by atoms with Gasteiger partial charge in [-0.25, -0.2) is 4.79 Å². The van der Waals surface area contributed by atoms with E-state index in [1.165, 1.54) is 16.4 Å². The second kappa shape index (κ2) is 12.3. The summed E-state index contributed by atoms with van der Waals surface area (Å²) >= 11 is 14.2. The van der Waals surface area contributed by atoms with Gasteiger partial charge >= 0.3 is 5.97 Å². The average Bonchev–Trinajstić information content (AvgIpc) is 3.35. The monoisotopic (exact) mass is 599 g/mol. The molecule has 1 heterocycles. The molecule has 0 fully saturated rings. The number of amides is 1. The quantitative estimate of drug-likeness (QED) is 0.211. The molecule has 1 amide bonds. The van der Waals surface area contributed by atoms with Crippen LogP contribution in [0.1, 0.15) is 31.9 Å². The highest BCUT2D eigenvalue weighted by Gasteiger charge is 2.19. The summed E-state index contributed by atoms with van der Waals surface area (Å²) in [7, 11) is 0. The molecule has 4 rings (SSSR count). The molecule has 4 aromatic rings. The Kier molecular flexibility index (Phi) is 9.02. The Labute approximate surface area is 245 Å². The third-order valence-corrected chi connectivity index (χ3v) is 7.45. The number of hydrogen-bond donors (Lipinski definition) is 2. The normalized spacial score (nSPS) is 11.3. The minimum absolute atomic E-state index is 0.0488. The van der Waals surface area contributed by atoms with E-state index in [1.807, 2.05) is 43.3 Å². The number of nitrogens with zero attached hydrogens (tertiary/aromatic N) is 4. The van der Waals surface area contributed by atoms with Gasteiger partial charge in [0.15, 0.2) is 6.61 Å². The smallest absolute Gasteiger partial charge is 0.341 e. The summed E-state index contributed by atoms with van der Waals surface area (Å²) in [5, 5.41) is 24.8. The van der Waals surface area contributed by atoms with Gasteiger partial charge < -0.3 is 15.2 Å². The number of ether oxygens (including phenoxy) is 1.